The summed E-state index contributed by atoms with van der Waals surface area (Å²) in [5.41, 5.74) is 9.20. The lowest BCUT2D eigenvalue weighted by molar-refractivity contribution is 0.329. The van der Waals surface area contributed by atoms with Crippen molar-refractivity contribution in [1.82, 2.24) is 9.97 Å². The van der Waals surface area contributed by atoms with Gasteiger partial charge in [0.25, 0.3) is 0 Å². The molecule has 0 saturated carbocycles. The molecule has 0 atom stereocenters. The molecule has 2 aromatic rings. The van der Waals surface area contributed by atoms with Crippen molar-refractivity contribution in [1.29, 1.82) is 0 Å². The topological polar surface area (TPSA) is 64.3 Å². The van der Waals surface area contributed by atoms with Crippen LogP contribution in [0.2, 0.25) is 0 Å². The summed E-state index contributed by atoms with van der Waals surface area (Å²) in [4.78, 5) is 10.7. The molecule has 0 amide bonds. The summed E-state index contributed by atoms with van der Waals surface area (Å²) >= 11 is 1.59. The number of hydrogen-bond acceptors (Lipinski definition) is 6. The van der Waals surface area contributed by atoms with Crippen molar-refractivity contribution in [2.75, 3.05) is 24.3 Å². The van der Waals surface area contributed by atoms with E-state index >= 15 is 0 Å². The van der Waals surface area contributed by atoms with Crippen molar-refractivity contribution in [3.63, 3.8) is 0 Å². The standard InChI is InChI=1S/C12H16N4OS/c1-3-17-12-10(13)4-5-11(15-12)16(2)6-9-7-18-8-14-9/h4-5,7-8H,3,6,13H2,1-2H3. The molecule has 0 aliphatic heterocycles. The SMILES string of the molecule is CCOc1nc(N(C)Cc2cscn2)ccc1N. The Bertz CT molecular complexity index is 501. The molecule has 0 unspecified atom stereocenters. The molecule has 96 valence electrons. The largest absolute Gasteiger partial charge is 0.476 e. The van der Waals surface area contributed by atoms with Gasteiger partial charge in [-0.1, -0.05) is 0 Å². The Kier molecular flexibility index (Phi) is 3.99. The van der Waals surface area contributed by atoms with Crippen molar-refractivity contribution in [2.24, 2.45) is 0 Å². The second-order valence-electron chi connectivity index (χ2n) is 3.83. The van der Waals surface area contributed by atoms with E-state index in [-0.39, 0.29) is 0 Å². The molecular weight excluding hydrogens is 248 g/mol. The summed E-state index contributed by atoms with van der Waals surface area (Å²) < 4.78 is 5.39. The number of nitrogen functional groups attached to an aromatic ring is 1. The van der Waals surface area contributed by atoms with E-state index in [1.807, 2.05) is 41.9 Å². The summed E-state index contributed by atoms with van der Waals surface area (Å²) in [5, 5.41) is 2.03. The fraction of sp³-hybridized carbons (Fsp3) is 0.333. The van der Waals surface area contributed by atoms with E-state index in [9.17, 15) is 0 Å². The lowest BCUT2D eigenvalue weighted by Crippen LogP contribution is -2.18. The average molecular weight is 264 g/mol. The third kappa shape index (κ3) is 2.89. The Morgan fingerprint density at radius 1 is 1.44 bits per heavy atom. The molecule has 2 aromatic heterocycles. The fourth-order valence-corrected chi connectivity index (χ4v) is 2.10. The fourth-order valence-electron chi connectivity index (χ4n) is 1.55. The zero-order chi connectivity index (χ0) is 13.0. The van der Waals surface area contributed by atoms with Crippen molar-refractivity contribution >= 4 is 22.8 Å². The lowest BCUT2D eigenvalue weighted by atomic mass is 10.3. The highest BCUT2D eigenvalue weighted by atomic mass is 32.1. The van der Waals surface area contributed by atoms with Crippen LogP contribution in [0.1, 0.15) is 12.6 Å². The van der Waals surface area contributed by atoms with E-state index in [1.54, 1.807) is 11.3 Å². The molecule has 0 aliphatic carbocycles. The van der Waals surface area contributed by atoms with Gasteiger partial charge < -0.3 is 15.4 Å². The Labute approximate surface area is 110 Å². The number of aromatic nitrogens is 2. The van der Waals surface area contributed by atoms with Crippen LogP contribution in [0.15, 0.2) is 23.0 Å². The van der Waals surface area contributed by atoms with Gasteiger partial charge in [0.1, 0.15) is 5.82 Å². The van der Waals surface area contributed by atoms with Crippen LogP contribution in [0.3, 0.4) is 0 Å². The van der Waals surface area contributed by atoms with Crippen LogP contribution in [0.4, 0.5) is 11.5 Å². The predicted octanol–water partition coefficient (Wildman–Crippen LogP) is 2.16. The zero-order valence-electron chi connectivity index (χ0n) is 10.5. The first-order valence-electron chi connectivity index (χ1n) is 5.68. The van der Waals surface area contributed by atoms with Gasteiger partial charge in [-0.05, 0) is 19.1 Å². The molecule has 0 aromatic carbocycles. The number of pyridine rings is 1. The molecule has 2 rings (SSSR count). The highest BCUT2D eigenvalue weighted by Crippen LogP contribution is 2.23. The minimum Gasteiger partial charge on any atom is -0.476 e. The molecule has 0 fully saturated rings. The maximum Gasteiger partial charge on any atom is 0.239 e. The number of nitrogens with zero attached hydrogens (tertiary/aromatic N) is 3. The maximum atomic E-state index is 5.80. The number of rotatable bonds is 5. The number of ether oxygens (including phenoxy) is 1. The molecule has 18 heavy (non-hydrogen) atoms. The van der Waals surface area contributed by atoms with Crippen LogP contribution in [0.25, 0.3) is 0 Å². The van der Waals surface area contributed by atoms with Crippen LogP contribution in [0, 0.1) is 0 Å². The predicted molar refractivity (Wildman–Crippen MR) is 74.0 cm³/mol. The van der Waals surface area contributed by atoms with E-state index in [4.69, 9.17) is 10.5 Å². The number of hydrogen-bond donors (Lipinski definition) is 1. The van der Waals surface area contributed by atoms with Crippen LogP contribution in [0.5, 0.6) is 5.88 Å². The molecule has 0 saturated heterocycles. The Hall–Kier alpha value is -1.82. The second kappa shape index (κ2) is 5.68. The minimum absolute atomic E-state index is 0.486. The molecule has 6 heteroatoms. The quantitative estimate of drug-likeness (QED) is 0.896. The van der Waals surface area contributed by atoms with Gasteiger partial charge in [0.2, 0.25) is 5.88 Å². The third-order valence-electron chi connectivity index (χ3n) is 2.43. The average Bonchev–Trinajstić information content (AvgIpc) is 2.85. The van der Waals surface area contributed by atoms with Gasteiger partial charge >= 0.3 is 0 Å². The van der Waals surface area contributed by atoms with Crippen LogP contribution in [-0.4, -0.2) is 23.6 Å². The summed E-state index contributed by atoms with van der Waals surface area (Å²) in [6.07, 6.45) is 0. The molecule has 0 radical (unpaired) electrons. The normalized spacial score (nSPS) is 10.3. The van der Waals surface area contributed by atoms with E-state index in [0.717, 1.165) is 11.5 Å². The molecule has 0 bridgehead atoms. The molecule has 2 N–H and O–H groups in total. The van der Waals surface area contributed by atoms with E-state index in [2.05, 4.69) is 9.97 Å². The van der Waals surface area contributed by atoms with E-state index in [0.29, 0.717) is 24.7 Å². The highest BCUT2D eigenvalue weighted by Gasteiger charge is 2.08. The molecule has 0 aliphatic rings. The van der Waals surface area contributed by atoms with Crippen molar-refractivity contribution in [2.45, 2.75) is 13.5 Å². The smallest absolute Gasteiger partial charge is 0.239 e. The second-order valence-corrected chi connectivity index (χ2v) is 4.55. The van der Waals surface area contributed by atoms with Gasteiger partial charge in [-0.2, -0.15) is 4.98 Å². The lowest BCUT2D eigenvalue weighted by Gasteiger charge is -2.18. The Morgan fingerprint density at radius 2 is 2.28 bits per heavy atom. The Morgan fingerprint density at radius 3 is 2.94 bits per heavy atom. The first-order chi connectivity index (χ1) is 8.70. The monoisotopic (exact) mass is 264 g/mol. The van der Waals surface area contributed by atoms with Gasteiger partial charge in [-0.3, -0.25) is 0 Å². The van der Waals surface area contributed by atoms with Gasteiger partial charge in [0.15, 0.2) is 0 Å². The first-order valence-corrected chi connectivity index (χ1v) is 6.62. The zero-order valence-corrected chi connectivity index (χ0v) is 11.3. The molecular formula is C12H16N4OS. The van der Waals surface area contributed by atoms with E-state index < -0.39 is 0 Å². The molecule has 2 heterocycles. The summed E-state index contributed by atoms with van der Waals surface area (Å²) in [6.45, 7) is 3.18. The molecule has 5 nitrogen and oxygen atoms in total. The van der Waals surface area contributed by atoms with Crippen LogP contribution in [-0.2, 0) is 6.54 Å². The number of nitrogens with two attached hydrogens (primary N) is 1. The summed E-state index contributed by atoms with van der Waals surface area (Å²) in [7, 11) is 1.97. The van der Waals surface area contributed by atoms with Crippen molar-refractivity contribution in [3.8, 4) is 5.88 Å². The van der Waals surface area contributed by atoms with E-state index in [1.165, 1.54) is 0 Å². The highest BCUT2D eigenvalue weighted by molar-refractivity contribution is 7.07. The van der Waals surface area contributed by atoms with Gasteiger partial charge in [-0.25, -0.2) is 4.98 Å². The van der Waals surface area contributed by atoms with Gasteiger partial charge in [-0.15, -0.1) is 11.3 Å². The van der Waals surface area contributed by atoms with Crippen molar-refractivity contribution in [3.05, 3.63) is 28.7 Å². The van der Waals surface area contributed by atoms with Gasteiger partial charge in [0.05, 0.1) is 30.0 Å². The molecule has 0 spiro atoms. The van der Waals surface area contributed by atoms with Gasteiger partial charge in [0, 0.05) is 12.4 Å². The number of thiazole rings is 1. The van der Waals surface area contributed by atoms with Crippen molar-refractivity contribution < 1.29 is 4.74 Å². The maximum absolute atomic E-state index is 5.80. The number of anilines is 2. The minimum atomic E-state index is 0.486. The Balaban J connectivity index is 2.14. The third-order valence-corrected chi connectivity index (χ3v) is 3.07. The van der Waals surface area contributed by atoms with Crippen LogP contribution >= 0.6 is 11.3 Å². The van der Waals surface area contributed by atoms with Crippen LogP contribution < -0.4 is 15.4 Å². The summed E-state index contributed by atoms with van der Waals surface area (Å²) in [6, 6.07) is 3.69. The summed E-state index contributed by atoms with van der Waals surface area (Å²) in [5.74, 6) is 1.31. The first kappa shape index (κ1) is 12.6.